The Morgan fingerprint density at radius 3 is 2.79 bits per heavy atom. The average Bonchev–Trinajstić information content (AvgIpc) is 2.87. The largest absolute Gasteiger partial charge is 0.497 e. The summed E-state index contributed by atoms with van der Waals surface area (Å²) in [5, 5.41) is 21.2. The maximum atomic E-state index is 8.77. The van der Waals surface area contributed by atoms with E-state index in [-0.39, 0.29) is 6.61 Å². The highest BCUT2D eigenvalue weighted by molar-refractivity contribution is 7.99. The summed E-state index contributed by atoms with van der Waals surface area (Å²) < 4.78 is 6.87. The molecule has 0 atom stereocenters. The summed E-state index contributed by atoms with van der Waals surface area (Å²) in [6, 6.07) is 7.81. The fourth-order valence-corrected chi connectivity index (χ4v) is 2.33. The first-order chi connectivity index (χ1) is 9.33. The van der Waals surface area contributed by atoms with Crippen molar-refractivity contribution in [3.05, 3.63) is 29.8 Å². The van der Waals surface area contributed by atoms with Crippen LogP contribution in [-0.4, -0.2) is 44.8 Å². The normalized spacial score (nSPS) is 10.6. The zero-order valence-electron chi connectivity index (χ0n) is 10.7. The van der Waals surface area contributed by atoms with E-state index in [9.17, 15) is 0 Å². The summed E-state index contributed by atoms with van der Waals surface area (Å²) in [5.74, 6) is 1.64. The molecule has 1 aromatic heterocycles. The minimum Gasteiger partial charge on any atom is -0.497 e. The zero-order chi connectivity index (χ0) is 13.5. The monoisotopic (exact) mass is 280 g/mol. The second-order valence-electron chi connectivity index (χ2n) is 3.89. The molecule has 102 valence electrons. The molecule has 19 heavy (non-hydrogen) atoms. The third kappa shape index (κ3) is 3.93. The van der Waals surface area contributed by atoms with Crippen LogP contribution in [0.1, 0.15) is 12.0 Å². The van der Waals surface area contributed by atoms with E-state index in [1.807, 2.05) is 24.3 Å². The molecule has 0 unspecified atom stereocenters. The van der Waals surface area contributed by atoms with Crippen molar-refractivity contribution in [1.29, 1.82) is 0 Å². The third-order valence-electron chi connectivity index (χ3n) is 2.52. The van der Waals surface area contributed by atoms with Crippen LogP contribution >= 0.6 is 11.8 Å². The number of aliphatic hydroxyl groups is 1. The Bertz CT molecular complexity index is 501. The highest BCUT2D eigenvalue weighted by Crippen LogP contribution is 2.17. The van der Waals surface area contributed by atoms with E-state index >= 15 is 0 Å². The van der Waals surface area contributed by atoms with Gasteiger partial charge in [0.1, 0.15) is 5.75 Å². The second-order valence-corrected chi connectivity index (χ2v) is 4.95. The Hall–Kier alpha value is -1.60. The lowest BCUT2D eigenvalue weighted by molar-refractivity contribution is 0.296. The Kier molecular flexibility index (Phi) is 5.17. The van der Waals surface area contributed by atoms with Crippen molar-refractivity contribution < 1.29 is 9.84 Å². The van der Waals surface area contributed by atoms with E-state index in [1.165, 1.54) is 0 Å². The number of rotatable bonds is 7. The van der Waals surface area contributed by atoms with Crippen LogP contribution in [0, 0.1) is 0 Å². The molecule has 7 heteroatoms. The Morgan fingerprint density at radius 1 is 1.32 bits per heavy atom. The van der Waals surface area contributed by atoms with Gasteiger partial charge >= 0.3 is 0 Å². The van der Waals surface area contributed by atoms with Gasteiger partial charge in [0, 0.05) is 12.4 Å². The molecule has 0 amide bonds. The summed E-state index contributed by atoms with van der Waals surface area (Å²) in [4.78, 5) is 0. The van der Waals surface area contributed by atoms with Crippen molar-refractivity contribution >= 4 is 11.8 Å². The first kappa shape index (κ1) is 13.8. The van der Waals surface area contributed by atoms with E-state index in [0.29, 0.717) is 6.54 Å². The summed E-state index contributed by atoms with van der Waals surface area (Å²) in [6.45, 7) is 0.811. The van der Waals surface area contributed by atoms with Gasteiger partial charge in [0.15, 0.2) is 0 Å². The van der Waals surface area contributed by atoms with Crippen molar-refractivity contribution in [3.63, 3.8) is 0 Å². The predicted octanol–water partition coefficient (Wildman–Crippen LogP) is 1.20. The number of methoxy groups -OCH3 is 1. The lowest BCUT2D eigenvalue weighted by Crippen LogP contribution is -2.04. The fraction of sp³-hybridized carbons (Fsp3) is 0.417. The number of benzene rings is 1. The van der Waals surface area contributed by atoms with Gasteiger partial charge in [-0.3, -0.25) is 0 Å². The molecular formula is C12H16N4O2S. The van der Waals surface area contributed by atoms with Gasteiger partial charge in [-0.2, -0.15) is 0 Å². The van der Waals surface area contributed by atoms with E-state index in [4.69, 9.17) is 9.84 Å². The Labute approximate surface area is 115 Å². The number of aromatic nitrogens is 4. The van der Waals surface area contributed by atoms with Crippen LogP contribution in [0.2, 0.25) is 0 Å². The second kappa shape index (κ2) is 7.10. The molecule has 1 N–H and O–H groups in total. The van der Waals surface area contributed by atoms with Gasteiger partial charge in [-0.25, -0.2) is 4.68 Å². The van der Waals surface area contributed by atoms with Crippen LogP contribution in [0.25, 0.3) is 0 Å². The number of hydrogen-bond acceptors (Lipinski definition) is 6. The maximum Gasteiger partial charge on any atom is 0.209 e. The molecule has 0 aliphatic heterocycles. The van der Waals surface area contributed by atoms with Crippen LogP contribution in [0.5, 0.6) is 5.75 Å². The van der Waals surface area contributed by atoms with Gasteiger partial charge < -0.3 is 9.84 Å². The van der Waals surface area contributed by atoms with Crippen LogP contribution in [0.3, 0.4) is 0 Å². The topological polar surface area (TPSA) is 73.1 Å². The molecule has 0 bridgehead atoms. The lowest BCUT2D eigenvalue weighted by atomic mass is 10.2. The highest BCUT2D eigenvalue weighted by Gasteiger charge is 2.07. The molecular weight excluding hydrogens is 264 g/mol. The lowest BCUT2D eigenvalue weighted by Gasteiger charge is -2.05. The van der Waals surface area contributed by atoms with Crippen LogP contribution in [-0.2, 0) is 6.54 Å². The molecule has 0 aliphatic carbocycles. The molecule has 0 saturated carbocycles. The van der Waals surface area contributed by atoms with Gasteiger partial charge in [-0.05, 0) is 34.5 Å². The average molecular weight is 280 g/mol. The standard InChI is InChI=1S/C12H16N4O2S/c1-18-11-5-3-10(4-6-11)9-16-12(13-14-15-16)19-8-2-7-17/h3-6,17H,2,7-9H2,1H3. The van der Waals surface area contributed by atoms with Crippen molar-refractivity contribution in [2.45, 2.75) is 18.1 Å². The minimum atomic E-state index is 0.188. The Morgan fingerprint density at radius 2 is 2.11 bits per heavy atom. The summed E-state index contributed by atoms with van der Waals surface area (Å²) in [6.07, 6.45) is 0.736. The summed E-state index contributed by atoms with van der Waals surface area (Å²) >= 11 is 1.55. The molecule has 2 aromatic rings. The first-order valence-electron chi connectivity index (χ1n) is 5.96. The molecule has 6 nitrogen and oxygen atoms in total. The van der Waals surface area contributed by atoms with Crippen LogP contribution in [0.4, 0.5) is 0 Å². The molecule has 0 fully saturated rings. The van der Waals surface area contributed by atoms with Crippen molar-refractivity contribution in [3.8, 4) is 5.75 Å². The highest BCUT2D eigenvalue weighted by atomic mass is 32.2. The Balaban J connectivity index is 1.99. The van der Waals surface area contributed by atoms with Gasteiger partial charge in [-0.1, -0.05) is 23.9 Å². The van der Waals surface area contributed by atoms with Gasteiger partial charge in [0.2, 0.25) is 5.16 Å². The molecule has 2 rings (SSSR count). The molecule has 0 spiro atoms. The quantitative estimate of drug-likeness (QED) is 0.607. The molecule has 0 saturated heterocycles. The smallest absolute Gasteiger partial charge is 0.209 e. The summed E-state index contributed by atoms with van der Waals surface area (Å²) in [5.41, 5.74) is 1.11. The van der Waals surface area contributed by atoms with E-state index < -0.39 is 0 Å². The number of aliphatic hydroxyl groups excluding tert-OH is 1. The first-order valence-corrected chi connectivity index (χ1v) is 6.95. The van der Waals surface area contributed by atoms with Crippen molar-refractivity contribution in [1.82, 2.24) is 20.2 Å². The number of ether oxygens (including phenoxy) is 1. The maximum absolute atomic E-state index is 8.77. The van der Waals surface area contributed by atoms with E-state index in [1.54, 1.807) is 23.6 Å². The van der Waals surface area contributed by atoms with Gasteiger partial charge in [0.25, 0.3) is 0 Å². The van der Waals surface area contributed by atoms with Crippen molar-refractivity contribution in [2.24, 2.45) is 0 Å². The minimum absolute atomic E-state index is 0.188. The fourth-order valence-electron chi connectivity index (χ4n) is 1.53. The number of thioether (sulfide) groups is 1. The SMILES string of the molecule is COc1ccc(Cn2nnnc2SCCCO)cc1. The predicted molar refractivity (Wildman–Crippen MR) is 72.3 cm³/mol. The number of tetrazole rings is 1. The van der Waals surface area contributed by atoms with Gasteiger partial charge in [-0.15, -0.1) is 5.10 Å². The van der Waals surface area contributed by atoms with E-state index in [0.717, 1.165) is 28.6 Å². The molecule has 1 heterocycles. The van der Waals surface area contributed by atoms with Crippen LogP contribution < -0.4 is 4.74 Å². The van der Waals surface area contributed by atoms with Gasteiger partial charge in [0.05, 0.1) is 13.7 Å². The molecule has 0 radical (unpaired) electrons. The number of hydrogen-bond donors (Lipinski definition) is 1. The van der Waals surface area contributed by atoms with Crippen LogP contribution in [0.15, 0.2) is 29.4 Å². The molecule has 1 aromatic carbocycles. The number of nitrogens with zero attached hydrogens (tertiary/aromatic N) is 4. The zero-order valence-corrected chi connectivity index (χ0v) is 11.5. The van der Waals surface area contributed by atoms with Crippen molar-refractivity contribution in [2.75, 3.05) is 19.5 Å². The summed E-state index contributed by atoms with van der Waals surface area (Å²) in [7, 11) is 1.65. The third-order valence-corrected chi connectivity index (χ3v) is 3.57. The van der Waals surface area contributed by atoms with E-state index in [2.05, 4.69) is 15.5 Å². The molecule has 0 aliphatic rings.